The first-order valence-electron chi connectivity index (χ1n) is 9.13. The van der Waals surface area contributed by atoms with Crippen LogP contribution in [0.25, 0.3) is 28.3 Å². The maximum absolute atomic E-state index is 12.8. The quantitative estimate of drug-likeness (QED) is 0.474. The Morgan fingerprint density at radius 1 is 1.20 bits per heavy atom. The van der Waals surface area contributed by atoms with Crippen molar-refractivity contribution in [1.29, 1.82) is 0 Å². The van der Waals surface area contributed by atoms with Gasteiger partial charge in [-0.15, -0.1) is 0 Å². The molecule has 0 spiro atoms. The van der Waals surface area contributed by atoms with Crippen LogP contribution >= 0.6 is 0 Å². The van der Waals surface area contributed by atoms with Crippen LogP contribution in [0, 0.1) is 6.92 Å². The van der Waals surface area contributed by atoms with Crippen LogP contribution < -0.4 is 5.73 Å². The number of aryl methyl sites for hydroxylation is 1. The van der Waals surface area contributed by atoms with E-state index in [2.05, 4.69) is 25.0 Å². The number of rotatable bonds is 5. The number of alkyl halides is 2. The summed E-state index contributed by atoms with van der Waals surface area (Å²) in [5.74, 6) is 1.05. The fourth-order valence-corrected chi connectivity index (χ4v) is 3.48. The molecule has 0 amide bonds. The van der Waals surface area contributed by atoms with Gasteiger partial charge in [0.2, 0.25) is 5.89 Å². The molecule has 1 aromatic carbocycles. The van der Waals surface area contributed by atoms with E-state index in [0.29, 0.717) is 46.2 Å². The maximum atomic E-state index is 12.8. The van der Waals surface area contributed by atoms with E-state index in [9.17, 15) is 8.78 Å². The number of para-hydroxylation sites is 1. The molecule has 0 bridgehead atoms. The van der Waals surface area contributed by atoms with Crippen molar-refractivity contribution in [2.45, 2.75) is 26.3 Å². The van der Waals surface area contributed by atoms with Crippen molar-refractivity contribution in [2.75, 3.05) is 5.73 Å². The van der Waals surface area contributed by atoms with Gasteiger partial charge in [0.25, 0.3) is 6.43 Å². The number of oxazole rings is 1. The first-order valence-corrected chi connectivity index (χ1v) is 9.13. The topological polar surface area (TPSA) is 113 Å². The minimum atomic E-state index is -2.46. The molecule has 0 aliphatic rings. The van der Waals surface area contributed by atoms with Gasteiger partial charge in [-0.25, -0.2) is 33.2 Å². The molecule has 4 aromatic heterocycles. The molecule has 30 heavy (non-hydrogen) atoms. The molecule has 0 atom stereocenters. The molecule has 4 heterocycles. The summed E-state index contributed by atoms with van der Waals surface area (Å²) in [7, 11) is 0. The SMILES string of the molecule is Cc1c(-c2ncco2)nc(N)c2nc(Cc3cccc4c3ncn4CC(F)F)nn12. The molecule has 2 N–H and O–H groups in total. The van der Waals surface area contributed by atoms with E-state index in [-0.39, 0.29) is 5.82 Å². The Labute approximate surface area is 168 Å². The summed E-state index contributed by atoms with van der Waals surface area (Å²) >= 11 is 0. The number of nitrogen functional groups attached to an aromatic ring is 1. The van der Waals surface area contributed by atoms with E-state index >= 15 is 0 Å². The Kier molecular flexibility index (Phi) is 4.16. The number of benzene rings is 1. The van der Waals surface area contributed by atoms with Gasteiger partial charge < -0.3 is 14.7 Å². The second kappa shape index (κ2) is 6.87. The first-order chi connectivity index (χ1) is 14.5. The average Bonchev–Trinajstić information content (AvgIpc) is 3.45. The molecular weight excluding hydrogens is 394 g/mol. The molecule has 0 saturated carbocycles. The second-order valence-electron chi connectivity index (χ2n) is 6.78. The third kappa shape index (κ3) is 2.95. The smallest absolute Gasteiger partial charge is 0.256 e. The summed E-state index contributed by atoms with van der Waals surface area (Å²) in [4.78, 5) is 17.3. The molecule has 0 saturated heterocycles. The normalized spacial score (nSPS) is 11.9. The van der Waals surface area contributed by atoms with Crippen molar-refractivity contribution < 1.29 is 13.2 Å². The summed E-state index contributed by atoms with van der Waals surface area (Å²) in [5, 5.41) is 4.56. The Balaban J connectivity index is 1.56. The Morgan fingerprint density at radius 2 is 2.07 bits per heavy atom. The highest BCUT2D eigenvalue weighted by molar-refractivity contribution is 5.79. The van der Waals surface area contributed by atoms with Crippen molar-refractivity contribution >= 4 is 22.5 Å². The fourth-order valence-electron chi connectivity index (χ4n) is 3.48. The highest BCUT2D eigenvalue weighted by atomic mass is 19.3. The summed E-state index contributed by atoms with van der Waals surface area (Å²) in [6.45, 7) is 1.42. The van der Waals surface area contributed by atoms with Crippen LogP contribution in [0.1, 0.15) is 17.1 Å². The maximum Gasteiger partial charge on any atom is 0.256 e. The van der Waals surface area contributed by atoms with Gasteiger partial charge in [0.05, 0.1) is 35.8 Å². The number of aromatic nitrogens is 7. The zero-order valence-corrected chi connectivity index (χ0v) is 15.8. The molecule has 9 nitrogen and oxygen atoms in total. The van der Waals surface area contributed by atoms with Gasteiger partial charge in [0, 0.05) is 6.42 Å². The van der Waals surface area contributed by atoms with Gasteiger partial charge in [0.1, 0.15) is 12.0 Å². The highest BCUT2D eigenvalue weighted by Crippen LogP contribution is 2.25. The van der Waals surface area contributed by atoms with Crippen LogP contribution in [-0.2, 0) is 13.0 Å². The van der Waals surface area contributed by atoms with Gasteiger partial charge in [0.15, 0.2) is 17.3 Å². The minimum absolute atomic E-state index is 0.201. The fraction of sp³-hybridized carbons (Fsp3) is 0.211. The molecule has 152 valence electrons. The Bertz CT molecular complexity index is 1360. The molecule has 0 unspecified atom stereocenters. The molecule has 0 aliphatic carbocycles. The number of fused-ring (bicyclic) bond motifs is 2. The van der Waals surface area contributed by atoms with Crippen molar-refractivity contribution in [3.05, 3.63) is 54.1 Å². The van der Waals surface area contributed by atoms with Gasteiger partial charge in [-0.05, 0) is 18.6 Å². The van der Waals surface area contributed by atoms with E-state index in [0.717, 1.165) is 5.56 Å². The molecular formula is C19H16F2N8O. The third-order valence-corrected chi connectivity index (χ3v) is 4.82. The van der Waals surface area contributed by atoms with Crippen LogP contribution in [0.15, 0.2) is 41.4 Å². The van der Waals surface area contributed by atoms with Gasteiger partial charge in [-0.2, -0.15) is 5.10 Å². The largest absolute Gasteiger partial charge is 0.443 e. The molecule has 0 radical (unpaired) electrons. The van der Waals surface area contributed by atoms with Gasteiger partial charge in [-0.3, -0.25) is 0 Å². The number of hydrogen-bond acceptors (Lipinski definition) is 7. The average molecular weight is 410 g/mol. The standard InChI is InChI=1S/C19H16F2N8O/c1-10-15(19-23-5-6-30-19)26-17(22)18-25-14(27-29(10)18)7-11-3-2-4-12-16(11)24-9-28(12)8-13(20)21/h2-6,9,13H,7-8H2,1H3,(H2,22,26). The monoisotopic (exact) mass is 410 g/mol. The van der Waals surface area contributed by atoms with Crippen LogP contribution in [0.4, 0.5) is 14.6 Å². The summed E-state index contributed by atoms with van der Waals surface area (Å²) in [5.41, 5.74) is 9.78. The zero-order chi connectivity index (χ0) is 20.8. The third-order valence-electron chi connectivity index (χ3n) is 4.82. The molecule has 5 rings (SSSR count). The van der Waals surface area contributed by atoms with Crippen molar-refractivity contribution in [3.63, 3.8) is 0 Å². The number of anilines is 1. The molecule has 5 aromatic rings. The molecule has 0 aliphatic heterocycles. The summed E-state index contributed by atoms with van der Waals surface area (Å²) in [6.07, 6.45) is 2.31. The second-order valence-corrected chi connectivity index (χ2v) is 6.78. The van der Waals surface area contributed by atoms with E-state index in [1.807, 2.05) is 13.0 Å². The predicted octanol–water partition coefficient (Wildman–Crippen LogP) is 2.88. The van der Waals surface area contributed by atoms with E-state index < -0.39 is 13.0 Å². The summed E-state index contributed by atoms with van der Waals surface area (Å²) < 4.78 is 34.0. The van der Waals surface area contributed by atoms with E-state index in [1.165, 1.54) is 23.4 Å². The Morgan fingerprint density at radius 3 is 2.83 bits per heavy atom. The lowest BCUT2D eigenvalue weighted by Crippen LogP contribution is -2.05. The lowest BCUT2D eigenvalue weighted by molar-refractivity contribution is 0.128. The van der Waals surface area contributed by atoms with Crippen molar-refractivity contribution in [2.24, 2.45) is 0 Å². The van der Waals surface area contributed by atoms with Gasteiger partial charge >= 0.3 is 0 Å². The number of imidazole rings is 1. The van der Waals surface area contributed by atoms with Crippen LogP contribution in [0.2, 0.25) is 0 Å². The summed E-state index contributed by atoms with van der Waals surface area (Å²) in [6, 6.07) is 5.44. The van der Waals surface area contributed by atoms with Crippen molar-refractivity contribution in [1.82, 2.24) is 34.1 Å². The van der Waals surface area contributed by atoms with Crippen LogP contribution in [0.3, 0.4) is 0 Å². The molecule has 0 fully saturated rings. The van der Waals surface area contributed by atoms with E-state index in [1.54, 1.807) is 16.6 Å². The van der Waals surface area contributed by atoms with E-state index in [4.69, 9.17) is 10.2 Å². The first kappa shape index (κ1) is 18.2. The molecule has 11 heteroatoms. The van der Waals surface area contributed by atoms with Crippen LogP contribution in [0.5, 0.6) is 0 Å². The number of halogens is 2. The van der Waals surface area contributed by atoms with Crippen molar-refractivity contribution in [3.8, 4) is 11.6 Å². The number of nitrogens with two attached hydrogens (primary N) is 1. The minimum Gasteiger partial charge on any atom is -0.443 e. The lowest BCUT2D eigenvalue weighted by atomic mass is 10.1. The number of hydrogen-bond donors (Lipinski definition) is 1. The van der Waals surface area contributed by atoms with Gasteiger partial charge in [-0.1, -0.05) is 12.1 Å². The predicted molar refractivity (Wildman–Crippen MR) is 104 cm³/mol. The Hall–Kier alpha value is -3.89. The number of nitrogens with zero attached hydrogens (tertiary/aromatic N) is 7. The zero-order valence-electron chi connectivity index (χ0n) is 15.8. The van der Waals surface area contributed by atoms with Crippen LogP contribution in [-0.4, -0.2) is 40.5 Å². The lowest BCUT2D eigenvalue weighted by Gasteiger charge is -2.04. The highest BCUT2D eigenvalue weighted by Gasteiger charge is 2.19.